The zero-order valence-corrected chi connectivity index (χ0v) is 23.7. The van der Waals surface area contributed by atoms with E-state index >= 15 is 0 Å². The average molecular weight is 568 g/mol. The maximum absolute atomic E-state index is 13.3. The third-order valence-corrected chi connectivity index (χ3v) is 7.77. The first-order chi connectivity index (χ1) is 19.0. The van der Waals surface area contributed by atoms with Crippen molar-refractivity contribution >= 4 is 19.9 Å². The molecule has 6 nitrogen and oxygen atoms in total. The molecule has 1 heterocycles. The molecule has 0 bridgehead atoms. The van der Waals surface area contributed by atoms with Gasteiger partial charge in [-0.1, -0.05) is 74.2 Å². The van der Waals surface area contributed by atoms with Gasteiger partial charge in [0.25, 0.3) is 0 Å². The second kappa shape index (κ2) is 12.5. The Hall–Kier alpha value is -3.89. The highest BCUT2D eigenvalue weighted by molar-refractivity contribution is 6.76. The Kier molecular flexibility index (Phi) is 9.11. The molecule has 0 aliphatic carbocycles. The lowest BCUT2D eigenvalue weighted by Gasteiger charge is -2.16. The largest absolute Gasteiger partial charge is 0.444 e. The highest BCUT2D eigenvalue weighted by Crippen LogP contribution is 2.33. The maximum atomic E-state index is 13.3. The number of benzene rings is 3. The first kappa shape index (κ1) is 29.1. The summed E-state index contributed by atoms with van der Waals surface area (Å²) >= 11 is 0. The highest BCUT2D eigenvalue weighted by Gasteiger charge is 2.30. The van der Waals surface area contributed by atoms with Crippen molar-refractivity contribution in [2.45, 2.75) is 45.2 Å². The number of hydrogen-bond acceptors (Lipinski definition) is 4. The van der Waals surface area contributed by atoms with E-state index in [2.05, 4.69) is 29.9 Å². The van der Waals surface area contributed by atoms with Gasteiger partial charge in [-0.05, 0) is 35.9 Å². The summed E-state index contributed by atoms with van der Waals surface area (Å²) in [6.45, 7) is 7.66. The van der Waals surface area contributed by atoms with Crippen LogP contribution in [0.4, 0.5) is 23.7 Å². The van der Waals surface area contributed by atoms with Crippen LogP contribution in [0.5, 0.6) is 0 Å². The zero-order valence-electron chi connectivity index (χ0n) is 22.7. The lowest BCUT2D eigenvalue weighted by Crippen LogP contribution is -2.22. The number of carbonyl (C=O) groups is 1. The number of alkyl halides is 3. The molecule has 0 unspecified atom stereocenters. The lowest BCUT2D eigenvalue weighted by atomic mass is 10.1. The number of amides is 1. The van der Waals surface area contributed by atoms with Crippen molar-refractivity contribution in [3.63, 3.8) is 0 Å². The highest BCUT2D eigenvalue weighted by atomic mass is 28.3. The van der Waals surface area contributed by atoms with E-state index in [4.69, 9.17) is 9.47 Å². The van der Waals surface area contributed by atoms with E-state index in [1.54, 1.807) is 35.0 Å². The number of anilines is 1. The maximum Gasteiger partial charge on any atom is 0.416 e. The van der Waals surface area contributed by atoms with Gasteiger partial charge < -0.3 is 14.0 Å². The predicted octanol–water partition coefficient (Wildman–Crippen LogP) is 8.30. The van der Waals surface area contributed by atoms with E-state index in [1.807, 2.05) is 36.4 Å². The van der Waals surface area contributed by atoms with Gasteiger partial charge in [-0.25, -0.2) is 9.78 Å². The molecule has 4 rings (SSSR count). The molecule has 1 amide bonds. The summed E-state index contributed by atoms with van der Waals surface area (Å²) in [4.78, 5) is 17.1. The molecule has 0 atom stereocenters. The standard InChI is InChI=1S/C30H32F3N3O3Si/c1-40(2,3)16-15-38-21-36-19-27(23-11-7-13-25(17-23)30(31,32)33)35-28(36)24-12-8-14-26(18-24)34-29(37)39-20-22-9-5-4-6-10-22/h4-14,17-19H,15-16,20-21H2,1-3H3,(H,34,37). The number of rotatable bonds is 10. The quantitative estimate of drug-likeness (QED) is 0.155. The average Bonchev–Trinajstić information content (AvgIpc) is 3.34. The van der Waals surface area contributed by atoms with E-state index in [9.17, 15) is 18.0 Å². The SMILES string of the molecule is C[Si](C)(C)CCOCn1cc(-c2cccc(C(F)(F)F)c2)nc1-c1cccc(NC(=O)OCc2ccccc2)c1. The zero-order chi connectivity index (χ0) is 28.8. The van der Waals surface area contributed by atoms with Crippen molar-refractivity contribution in [1.82, 2.24) is 9.55 Å². The van der Waals surface area contributed by atoms with Crippen LogP contribution < -0.4 is 5.32 Å². The molecule has 0 aliphatic rings. The Bertz CT molecular complexity index is 1430. The van der Waals surface area contributed by atoms with Crippen LogP contribution in [0, 0.1) is 0 Å². The van der Waals surface area contributed by atoms with Gasteiger partial charge in [-0.2, -0.15) is 13.2 Å². The molecule has 0 fully saturated rings. The molecule has 3 aromatic carbocycles. The second-order valence-electron chi connectivity index (χ2n) is 10.6. The Morgan fingerprint density at radius 2 is 1.68 bits per heavy atom. The van der Waals surface area contributed by atoms with Gasteiger partial charge in [0, 0.05) is 37.7 Å². The number of carbonyl (C=O) groups excluding carboxylic acids is 1. The van der Waals surface area contributed by atoms with Gasteiger partial charge >= 0.3 is 12.3 Å². The molecule has 0 spiro atoms. The monoisotopic (exact) mass is 567 g/mol. The molecule has 40 heavy (non-hydrogen) atoms. The van der Waals surface area contributed by atoms with E-state index in [1.165, 1.54) is 6.07 Å². The first-order valence-corrected chi connectivity index (χ1v) is 16.6. The van der Waals surface area contributed by atoms with Crippen molar-refractivity contribution in [2.75, 3.05) is 11.9 Å². The summed E-state index contributed by atoms with van der Waals surface area (Å²) in [7, 11) is -1.30. The summed E-state index contributed by atoms with van der Waals surface area (Å²) in [6.07, 6.45) is -3.38. The van der Waals surface area contributed by atoms with Crippen LogP contribution >= 0.6 is 0 Å². The number of aromatic nitrogens is 2. The summed E-state index contributed by atoms with van der Waals surface area (Å²) < 4.78 is 53.1. The Balaban J connectivity index is 1.57. The third-order valence-electron chi connectivity index (χ3n) is 6.07. The van der Waals surface area contributed by atoms with Crippen molar-refractivity contribution < 1.29 is 27.4 Å². The van der Waals surface area contributed by atoms with Crippen LogP contribution in [0.1, 0.15) is 11.1 Å². The van der Waals surface area contributed by atoms with Gasteiger partial charge in [0.2, 0.25) is 0 Å². The molecule has 1 N–H and O–H groups in total. The van der Waals surface area contributed by atoms with Gasteiger partial charge in [0.15, 0.2) is 0 Å². The molecule has 0 saturated heterocycles. The number of halogens is 3. The smallest absolute Gasteiger partial charge is 0.416 e. The van der Waals surface area contributed by atoms with Crippen molar-refractivity contribution in [3.8, 4) is 22.6 Å². The minimum Gasteiger partial charge on any atom is -0.444 e. The normalized spacial score (nSPS) is 11.8. The van der Waals surface area contributed by atoms with Crippen molar-refractivity contribution in [1.29, 1.82) is 0 Å². The second-order valence-corrected chi connectivity index (χ2v) is 16.2. The molecular formula is C30H32F3N3O3Si. The Morgan fingerprint density at radius 1 is 0.950 bits per heavy atom. The number of nitrogens with zero attached hydrogens (tertiary/aromatic N) is 2. The first-order valence-electron chi connectivity index (χ1n) is 12.9. The van der Waals surface area contributed by atoms with Crippen LogP contribution in [0.15, 0.2) is 85.1 Å². The molecule has 0 saturated carbocycles. The number of ether oxygens (including phenoxy) is 2. The summed E-state index contributed by atoms with van der Waals surface area (Å²) in [5.74, 6) is 0.502. The minimum atomic E-state index is -4.46. The number of hydrogen-bond donors (Lipinski definition) is 1. The lowest BCUT2D eigenvalue weighted by molar-refractivity contribution is -0.137. The van der Waals surface area contributed by atoms with E-state index in [0.29, 0.717) is 34.9 Å². The Labute approximate surface area is 232 Å². The number of nitrogens with one attached hydrogen (secondary N) is 1. The van der Waals surface area contributed by atoms with Crippen LogP contribution in [-0.2, 0) is 29.0 Å². The van der Waals surface area contributed by atoms with Gasteiger partial charge in [0.1, 0.15) is 19.2 Å². The topological polar surface area (TPSA) is 65.4 Å². The summed E-state index contributed by atoms with van der Waals surface area (Å²) in [5.41, 5.74) is 2.00. The Morgan fingerprint density at radius 3 is 2.40 bits per heavy atom. The van der Waals surface area contributed by atoms with Crippen LogP contribution in [0.3, 0.4) is 0 Å². The molecule has 0 radical (unpaired) electrons. The van der Waals surface area contributed by atoms with Crippen molar-refractivity contribution in [3.05, 3.63) is 96.2 Å². The van der Waals surface area contributed by atoms with Crippen LogP contribution in [0.25, 0.3) is 22.6 Å². The summed E-state index contributed by atoms with van der Waals surface area (Å²) in [6, 6.07) is 22.4. The molecule has 0 aliphatic heterocycles. The van der Waals surface area contributed by atoms with E-state index in [0.717, 1.165) is 23.7 Å². The number of imidazole rings is 1. The molecule has 4 aromatic rings. The van der Waals surface area contributed by atoms with Gasteiger partial charge in [-0.15, -0.1) is 0 Å². The van der Waals surface area contributed by atoms with E-state index in [-0.39, 0.29) is 13.3 Å². The molecule has 10 heteroatoms. The fourth-order valence-corrected chi connectivity index (χ4v) is 4.65. The molecule has 1 aromatic heterocycles. The predicted molar refractivity (Wildman–Crippen MR) is 152 cm³/mol. The van der Waals surface area contributed by atoms with Crippen LogP contribution in [-0.4, -0.2) is 30.3 Å². The van der Waals surface area contributed by atoms with E-state index < -0.39 is 25.9 Å². The van der Waals surface area contributed by atoms with Gasteiger partial charge in [-0.3, -0.25) is 5.32 Å². The third kappa shape index (κ3) is 8.30. The molecule has 210 valence electrons. The fraction of sp³-hybridized carbons (Fsp3) is 0.267. The minimum absolute atomic E-state index is 0.131. The van der Waals surface area contributed by atoms with Gasteiger partial charge in [0.05, 0.1) is 11.3 Å². The summed E-state index contributed by atoms with van der Waals surface area (Å²) in [5, 5.41) is 2.72. The fourth-order valence-electron chi connectivity index (χ4n) is 3.89. The van der Waals surface area contributed by atoms with Crippen molar-refractivity contribution in [2.24, 2.45) is 0 Å². The molecular weight excluding hydrogens is 535 g/mol. The van der Waals surface area contributed by atoms with Crippen LogP contribution in [0.2, 0.25) is 25.7 Å².